The first kappa shape index (κ1) is 15.0. The molecule has 1 aromatic rings. The van der Waals surface area contributed by atoms with Gasteiger partial charge in [-0.15, -0.1) is 0 Å². The number of ether oxygens (including phenoxy) is 1. The predicted octanol–water partition coefficient (Wildman–Crippen LogP) is 2.08. The van der Waals surface area contributed by atoms with Crippen molar-refractivity contribution in [2.24, 2.45) is 11.1 Å². The standard InChI is InChI=1S/C13H21NO3S/c1-3-5-12(10-18(14,15)16)9-17-13-7-4-6-11(2)8-13/h4,6-8,12H,3,5,9-10H2,1-2H3,(H2,14,15,16). The first-order valence-corrected chi connectivity index (χ1v) is 7.82. The van der Waals surface area contributed by atoms with E-state index in [-0.39, 0.29) is 11.7 Å². The SMILES string of the molecule is CCCC(COc1cccc(C)c1)CS(N)(=O)=O. The molecular formula is C13H21NO3S. The Morgan fingerprint density at radius 2 is 2.11 bits per heavy atom. The lowest BCUT2D eigenvalue weighted by Crippen LogP contribution is -2.26. The molecule has 0 radical (unpaired) electrons. The number of rotatable bonds is 7. The number of hydrogen-bond acceptors (Lipinski definition) is 3. The molecule has 1 atom stereocenters. The smallest absolute Gasteiger partial charge is 0.209 e. The molecule has 2 N–H and O–H groups in total. The number of sulfonamides is 1. The van der Waals surface area contributed by atoms with E-state index >= 15 is 0 Å². The molecule has 0 aliphatic rings. The van der Waals surface area contributed by atoms with Gasteiger partial charge in [-0.1, -0.05) is 25.5 Å². The van der Waals surface area contributed by atoms with Gasteiger partial charge < -0.3 is 4.74 Å². The zero-order valence-corrected chi connectivity index (χ0v) is 11.7. The number of aryl methyl sites for hydroxylation is 1. The molecule has 4 nitrogen and oxygen atoms in total. The summed E-state index contributed by atoms with van der Waals surface area (Å²) in [5.41, 5.74) is 1.12. The summed E-state index contributed by atoms with van der Waals surface area (Å²) in [6.45, 7) is 4.39. The zero-order chi connectivity index (χ0) is 13.6. The fourth-order valence-corrected chi connectivity index (χ4v) is 2.79. The lowest BCUT2D eigenvalue weighted by molar-refractivity contribution is 0.252. The lowest BCUT2D eigenvalue weighted by atomic mass is 10.1. The van der Waals surface area contributed by atoms with Gasteiger partial charge in [0.2, 0.25) is 10.0 Å². The minimum absolute atomic E-state index is 0.0212. The van der Waals surface area contributed by atoms with Crippen molar-refractivity contribution in [3.8, 4) is 5.75 Å². The van der Waals surface area contributed by atoms with Gasteiger partial charge in [0, 0.05) is 5.92 Å². The molecule has 0 spiro atoms. The van der Waals surface area contributed by atoms with Crippen molar-refractivity contribution in [1.29, 1.82) is 0 Å². The van der Waals surface area contributed by atoms with Crippen LogP contribution in [0.3, 0.4) is 0 Å². The molecule has 102 valence electrons. The monoisotopic (exact) mass is 271 g/mol. The molecule has 0 saturated heterocycles. The van der Waals surface area contributed by atoms with Crippen LogP contribution in [0.1, 0.15) is 25.3 Å². The van der Waals surface area contributed by atoms with Crippen molar-refractivity contribution < 1.29 is 13.2 Å². The van der Waals surface area contributed by atoms with E-state index in [0.29, 0.717) is 6.61 Å². The Kier molecular flexibility index (Phi) is 5.62. The second-order valence-electron chi connectivity index (χ2n) is 4.61. The quantitative estimate of drug-likeness (QED) is 0.825. The van der Waals surface area contributed by atoms with Gasteiger partial charge in [-0.05, 0) is 31.0 Å². The van der Waals surface area contributed by atoms with Crippen LogP contribution in [-0.2, 0) is 10.0 Å². The molecule has 0 amide bonds. The van der Waals surface area contributed by atoms with Crippen molar-refractivity contribution in [1.82, 2.24) is 0 Å². The largest absolute Gasteiger partial charge is 0.493 e. The molecule has 0 aliphatic carbocycles. The highest BCUT2D eigenvalue weighted by Gasteiger charge is 2.16. The van der Waals surface area contributed by atoms with Gasteiger partial charge in [0.15, 0.2) is 0 Å². The van der Waals surface area contributed by atoms with Crippen LogP contribution in [0.15, 0.2) is 24.3 Å². The summed E-state index contributed by atoms with van der Waals surface area (Å²) in [6, 6.07) is 7.70. The van der Waals surface area contributed by atoms with Gasteiger partial charge in [-0.25, -0.2) is 13.6 Å². The van der Waals surface area contributed by atoms with Crippen LogP contribution in [-0.4, -0.2) is 20.8 Å². The van der Waals surface area contributed by atoms with E-state index in [4.69, 9.17) is 9.88 Å². The van der Waals surface area contributed by atoms with E-state index in [1.54, 1.807) is 0 Å². The van der Waals surface area contributed by atoms with Gasteiger partial charge in [0.05, 0.1) is 12.4 Å². The molecule has 0 bridgehead atoms. The van der Waals surface area contributed by atoms with Crippen molar-refractivity contribution >= 4 is 10.0 Å². The fraction of sp³-hybridized carbons (Fsp3) is 0.538. The Hall–Kier alpha value is -1.07. The predicted molar refractivity (Wildman–Crippen MR) is 73.0 cm³/mol. The fourth-order valence-electron chi connectivity index (χ4n) is 1.87. The summed E-state index contributed by atoms with van der Waals surface area (Å²) in [4.78, 5) is 0. The normalized spacial score (nSPS) is 13.3. The minimum Gasteiger partial charge on any atom is -0.493 e. The van der Waals surface area contributed by atoms with Crippen LogP contribution in [0.4, 0.5) is 0 Å². The van der Waals surface area contributed by atoms with Crippen molar-refractivity contribution in [3.63, 3.8) is 0 Å². The third-order valence-electron chi connectivity index (χ3n) is 2.64. The highest BCUT2D eigenvalue weighted by molar-refractivity contribution is 7.89. The summed E-state index contributed by atoms with van der Waals surface area (Å²) in [5.74, 6) is 0.697. The second kappa shape index (κ2) is 6.75. The third-order valence-corrected chi connectivity index (χ3v) is 3.58. The molecule has 0 fully saturated rings. The highest BCUT2D eigenvalue weighted by Crippen LogP contribution is 2.15. The Bertz CT molecular complexity index is 471. The zero-order valence-electron chi connectivity index (χ0n) is 10.9. The molecule has 0 heterocycles. The first-order valence-electron chi connectivity index (χ1n) is 6.10. The van der Waals surface area contributed by atoms with Gasteiger partial charge >= 0.3 is 0 Å². The van der Waals surface area contributed by atoms with Crippen LogP contribution >= 0.6 is 0 Å². The Morgan fingerprint density at radius 1 is 1.39 bits per heavy atom. The summed E-state index contributed by atoms with van der Waals surface area (Å²) in [5, 5.41) is 5.08. The number of hydrogen-bond donors (Lipinski definition) is 1. The molecule has 1 unspecified atom stereocenters. The van der Waals surface area contributed by atoms with E-state index in [2.05, 4.69) is 0 Å². The number of primary sulfonamides is 1. The van der Waals surface area contributed by atoms with Crippen molar-refractivity contribution in [2.75, 3.05) is 12.4 Å². The van der Waals surface area contributed by atoms with E-state index in [1.165, 1.54) is 0 Å². The minimum atomic E-state index is -3.44. The van der Waals surface area contributed by atoms with Gasteiger partial charge in [-0.3, -0.25) is 0 Å². The number of benzene rings is 1. The van der Waals surface area contributed by atoms with E-state index in [9.17, 15) is 8.42 Å². The Labute approximate surface area is 109 Å². The Morgan fingerprint density at radius 3 is 2.67 bits per heavy atom. The lowest BCUT2D eigenvalue weighted by Gasteiger charge is -2.16. The highest BCUT2D eigenvalue weighted by atomic mass is 32.2. The average Bonchev–Trinajstić information content (AvgIpc) is 2.24. The van der Waals surface area contributed by atoms with Crippen molar-refractivity contribution in [3.05, 3.63) is 29.8 Å². The first-order chi connectivity index (χ1) is 8.40. The second-order valence-corrected chi connectivity index (χ2v) is 6.27. The molecule has 0 aromatic heterocycles. The Balaban J connectivity index is 2.57. The summed E-state index contributed by atoms with van der Waals surface area (Å²) in [6.07, 6.45) is 1.71. The average molecular weight is 271 g/mol. The maximum absolute atomic E-state index is 11.1. The third kappa shape index (κ3) is 6.02. The molecule has 0 saturated carbocycles. The molecule has 1 rings (SSSR count). The molecular weight excluding hydrogens is 250 g/mol. The van der Waals surface area contributed by atoms with E-state index in [1.807, 2.05) is 38.1 Å². The van der Waals surface area contributed by atoms with Crippen molar-refractivity contribution in [2.45, 2.75) is 26.7 Å². The molecule has 5 heteroatoms. The molecule has 18 heavy (non-hydrogen) atoms. The van der Waals surface area contributed by atoms with Crippen LogP contribution in [0.2, 0.25) is 0 Å². The van der Waals surface area contributed by atoms with Gasteiger partial charge in [0.1, 0.15) is 5.75 Å². The van der Waals surface area contributed by atoms with Gasteiger partial charge in [0.25, 0.3) is 0 Å². The van der Waals surface area contributed by atoms with E-state index < -0.39 is 10.0 Å². The maximum atomic E-state index is 11.1. The van der Waals surface area contributed by atoms with Crippen LogP contribution in [0.25, 0.3) is 0 Å². The van der Waals surface area contributed by atoms with E-state index in [0.717, 1.165) is 24.2 Å². The van der Waals surface area contributed by atoms with Gasteiger partial charge in [-0.2, -0.15) is 0 Å². The topological polar surface area (TPSA) is 69.4 Å². The maximum Gasteiger partial charge on any atom is 0.209 e. The number of nitrogens with two attached hydrogens (primary N) is 1. The van der Waals surface area contributed by atoms with Crippen LogP contribution in [0, 0.1) is 12.8 Å². The molecule has 0 aliphatic heterocycles. The van der Waals surface area contributed by atoms with Crippen LogP contribution < -0.4 is 9.88 Å². The summed E-state index contributed by atoms with van der Waals surface area (Å²) in [7, 11) is -3.44. The molecule has 1 aromatic carbocycles. The summed E-state index contributed by atoms with van der Waals surface area (Å²) >= 11 is 0. The summed E-state index contributed by atoms with van der Waals surface area (Å²) < 4.78 is 27.8. The van der Waals surface area contributed by atoms with Crippen LogP contribution in [0.5, 0.6) is 5.75 Å².